The van der Waals surface area contributed by atoms with E-state index in [1.54, 1.807) is 12.1 Å². The second kappa shape index (κ2) is 7.71. The van der Waals surface area contributed by atoms with Crippen LogP contribution in [-0.2, 0) is 6.18 Å². The molecule has 0 aromatic heterocycles. The number of nitriles is 1. The number of amides is 1. The number of carbonyl (C=O) groups excluding carboxylic acids is 1. The Morgan fingerprint density at radius 2 is 1.67 bits per heavy atom. The Morgan fingerprint density at radius 3 is 2.40 bits per heavy atom. The Balaban J connectivity index is 1.76. The van der Waals surface area contributed by atoms with Crippen LogP contribution in [0.15, 0.2) is 60.7 Å². The van der Waals surface area contributed by atoms with Crippen molar-refractivity contribution in [3.63, 3.8) is 0 Å². The van der Waals surface area contributed by atoms with E-state index in [9.17, 15) is 23.2 Å². The van der Waals surface area contributed by atoms with Gasteiger partial charge < -0.3 is 0 Å². The zero-order valence-electron chi connectivity index (χ0n) is 16.0. The molecule has 1 saturated heterocycles. The minimum absolute atomic E-state index is 0.00493. The molecule has 4 nitrogen and oxygen atoms in total. The first kappa shape index (κ1) is 19.8. The number of hydrogen-bond acceptors (Lipinski definition) is 3. The molecule has 0 spiro atoms. The average molecular weight is 409 g/mol. The first-order valence-corrected chi connectivity index (χ1v) is 9.58. The highest BCUT2D eigenvalue weighted by Gasteiger charge is 2.32. The van der Waals surface area contributed by atoms with Crippen molar-refractivity contribution >= 4 is 22.4 Å². The molecule has 0 aliphatic carbocycles. The van der Waals surface area contributed by atoms with Crippen molar-refractivity contribution in [3.05, 3.63) is 77.4 Å². The summed E-state index contributed by atoms with van der Waals surface area (Å²) >= 11 is 0. The largest absolute Gasteiger partial charge is 0.416 e. The van der Waals surface area contributed by atoms with Crippen molar-refractivity contribution in [1.29, 1.82) is 5.26 Å². The Hall–Kier alpha value is -3.53. The molecule has 3 aromatic rings. The predicted molar refractivity (Wildman–Crippen MR) is 108 cm³/mol. The summed E-state index contributed by atoms with van der Waals surface area (Å²) in [7, 11) is 0. The molecule has 3 aromatic carbocycles. The van der Waals surface area contributed by atoms with Crippen molar-refractivity contribution in [3.8, 4) is 6.07 Å². The Bertz CT molecular complexity index is 1150. The van der Waals surface area contributed by atoms with Crippen molar-refractivity contribution in [2.75, 3.05) is 18.1 Å². The molecule has 1 aliphatic rings. The van der Waals surface area contributed by atoms with Gasteiger partial charge in [-0.05, 0) is 43.2 Å². The van der Waals surface area contributed by atoms with E-state index >= 15 is 0 Å². The summed E-state index contributed by atoms with van der Waals surface area (Å²) in [6, 6.07) is 17.6. The summed E-state index contributed by atoms with van der Waals surface area (Å²) in [5, 5.41) is 14.3. The first-order chi connectivity index (χ1) is 14.4. The lowest BCUT2D eigenvalue weighted by atomic mass is 10.0. The number of rotatable bonds is 2. The topological polar surface area (TPSA) is 47.3 Å². The molecule has 0 bridgehead atoms. The highest BCUT2D eigenvalue weighted by Crippen LogP contribution is 2.33. The molecule has 1 fully saturated rings. The summed E-state index contributed by atoms with van der Waals surface area (Å²) in [6.07, 6.45) is -2.91. The van der Waals surface area contributed by atoms with E-state index in [-0.39, 0.29) is 5.56 Å². The number of nitrogens with zero attached hydrogens (tertiary/aromatic N) is 3. The van der Waals surface area contributed by atoms with E-state index in [2.05, 4.69) is 6.07 Å². The van der Waals surface area contributed by atoms with Gasteiger partial charge in [-0.15, -0.1) is 0 Å². The SMILES string of the molecule is N#Cc1ccc(N2CCCCN2C(=O)c2cccc(C(F)(F)F)c2)c2ccccc12. The Labute approximate surface area is 171 Å². The van der Waals surface area contributed by atoms with E-state index in [0.29, 0.717) is 18.7 Å². The van der Waals surface area contributed by atoms with Crippen LogP contribution in [0.3, 0.4) is 0 Å². The summed E-state index contributed by atoms with van der Waals surface area (Å²) in [4.78, 5) is 13.2. The number of halogens is 3. The van der Waals surface area contributed by atoms with Gasteiger partial charge in [-0.3, -0.25) is 9.80 Å². The predicted octanol–water partition coefficient (Wildman–Crippen LogP) is 5.39. The highest BCUT2D eigenvalue weighted by atomic mass is 19.4. The van der Waals surface area contributed by atoms with E-state index < -0.39 is 17.6 Å². The molecule has 1 amide bonds. The molecule has 0 unspecified atom stereocenters. The quantitative estimate of drug-likeness (QED) is 0.570. The van der Waals surface area contributed by atoms with Crippen LogP contribution in [-0.4, -0.2) is 24.0 Å². The van der Waals surface area contributed by atoms with Crippen molar-refractivity contribution in [1.82, 2.24) is 5.01 Å². The van der Waals surface area contributed by atoms with Gasteiger partial charge >= 0.3 is 6.18 Å². The lowest BCUT2D eigenvalue weighted by Gasteiger charge is -2.40. The zero-order valence-corrected chi connectivity index (χ0v) is 16.0. The van der Waals surface area contributed by atoms with E-state index in [1.165, 1.54) is 17.1 Å². The van der Waals surface area contributed by atoms with Crippen LogP contribution < -0.4 is 5.01 Å². The third-order valence-electron chi connectivity index (χ3n) is 5.25. The van der Waals surface area contributed by atoms with E-state index in [4.69, 9.17) is 0 Å². The van der Waals surface area contributed by atoms with Gasteiger partial charge in [-0.25, -0.2) is 5.01 Å². The van der Waals surface area contributed by atoms with Gasteiger partial charge in [-0.2, -0.15) is 18.4 Å². The zero-order chi connectivity index (χ0) is 21.3. The summed E-state index contributed by atoms with van der Waals surface area (Å²) in [5.74, 6) is -0.478. The molecule has 0 radical (unpaired) electrons. The van der Waals surface area contributed by atoms with Gasteiger partial charge in [0.05, 0.1) is 22.9 Å². The monoisotopic (exact) mass is 409 g/mol. The maximum absolute atomic E-state index is 13.2. The fourth-order valence-electron chi connectivity index (χ4n) is 3.81. The normalized spacial score (nSPS) is 14.6. The van der Waals surface area contributed by atoms with Gasteiger partial charge in [-0.1, -0.05) is 30.3 Å². The second-order valence-electron chi connectivity index (χ2n) is 7.13. The van der Waals surface area contributed by atoms with Crippen LogP contribution in [0.4, 0.5) is 18.9 Å². The number of benzene rings is 3. The molecule has 1 heterocycles. The first-order valence-electron chi connectivity index (χ1n) is 9.58. The molecule has 0 atom stereocenters. The number of hydrogen-bond donors (Lipinski definition) is 0. The lowest BCUT2D eigenvalue weighted by molar-refractivity contribution is -0.137. The van der Waals surface area contributed by atoms with Crippen molar-refractivity contribution in [2.45, 2.75) is 19.0 Å². The van der Waals surface area contributed by atoms with Gasteiger partial charge in [0.15, 0.2) is 0 Å². The number of hydrazine groups is 1. The van der Waals surface area contributed by atoms with Crippen LogP contribution in [0.25, 0.3) is 10.8 Å². The molecule has 0 saturated carbocycles. The van der Waals surface area contributed by atoms with Crippen LogP contribution in [0, 0.1) is 11.3 Å². The average Bonchev–Trinajstić information content (AvgIpc) is 2.77. The minimum atomic E-state index is -4.51. The van der Waals surface area contributed by atoms with Gasteiger partial charge in [0.25, 0.3) is 5.91 Å². The maximum atomic E-state index is 13.2. The number of fused-ring (bicyclic) bond motifs is 1. The molecular formula is C23H18F3N3O. The number of anilines is 1. The van der Waals surface area contributed by atoms with Crippen LogP contribution >= 0.6 is 0 Å². The van der Waals surface area contributed by atoms with Crippen LogP contribution in [0.2, 0.25) is 0 Å². The van der Waals surface area contributed by atoms with E-state index in [0.717, 1.165) is 41.4 Å². The van der Waals surface area contributed by atoms with Gasteiger partial charge in [0.2, 0.25) is 0 Å². The molecule has 4 rings (SSSR count). The second-order valence-corrected chi connectivity index (χ2v) is 7.13. The molecular weight excluding hydrogens is 391 g/mol. The third-order valence-corrected chi connectivity index (χ3v) is 5.25. The molecule has 1 aliphatic heterocycles. The van der Waals surface area contributed by atoms with Crippen molar-refractivity contribution < 1.29 is 18.0 Å². The lowest BCUT2D eigenvalue weighted by Crippen LogP contribution is -2.50. The van der Waals surface area contributed by atoms with Crippen LogP contribution in [0.5, 0.6) is 0 Å². The third kappa shape index (κ3) is 3.57. The van der Waals surface area contributed by atoms with Gasteiger partial charge in [0, 0.05) is 29.4 Å². The van der Waals surface area contributed by atoms with Crippen molar-refractivity contribution in [2.24, 2.45) is 0 Å². The molecule has 30 heavy (non-hydrogen) atoms. The molecule has 0 N–H and O–H groups in total. The number of alkyl halides is 3. The van der Waals surface area contributed by atoms with Gasteiger partial charge in [0.1, 0.15) is 0 Å². The highest BCUT2D eigenvalue weighted by molar-refractivity contribution is 6.00. The minimum Gasteiger partial charge on any atom is -0.282 e. The summed E-state index contributed by atoms with van der Waals surface area (Å²) < 4.78 is 39.3. The number of carbonyl (C=O) groups is 1. The summed E-state index contributed by atoms with van der Waals surface area (Å²) in [5.41, 5.74) is 0.433. The smallest absolute Gasteiger partial charge is 0.282 e. The van der Waals surface area contributed by atoms with E-state index in [1.807, 2.05) is 29.3 Å². The fourth-order valence-corrected chi connectivity index (χ4v) is 3.81. The fraction of sp³-hybridized carbons (Fsp3) is 0.217. The molecule has 152 valence electrons. The Kier molecular flexibility index (Phi) is 5.08. The summed E-state index contributed by atoms with van der Waals surface area (Å²) in [6.45, 7) is 0.962. The maximum Gasteiger partial charge on any atom is 0.416 e. The van der Waals surface area contributed by atoms with Crippen LogP contribution in [0.1, 0.15) is 34.3 Å². The standard InChI is InChI=1S/C23H18F3N3O/c24-23(25,26)18-7-5-6-16(14-18)22(30)29-13-4-3-12-28(29)21-11-10-17(15-27)19-8-1-2-9-20(19)21/h1-2,5-11,14H,3-4,12-13H2. The Morgan fingerprint density at radius 1 is 0.933 bits per heavy atom. The molecule has 7 heteroatoms.